The van der Waals surface area contributed by atoms with Crippen molar-refractivity contribution >= 4 is 52.0 Å². The molecule has 0 bridgehead atoms. The number of nitrogens with zero attached hydrogens (tertiary/aromatic N) is 2. The first kappa shape index (κ1) is 22.6. The summed E-state index contributed by atoms with van der Waals surface area (Å²) in [5, 5.41) is 21.0. The standard InChI is InChI=1S/C20H15ClIN3O6/c1-30-15-9-11(6-7-16-23-19(26)17(25(28)29)20(27)24-16)8-14(22)18(15)31-10-12-4-2-3-5-13(12)21/h2-9H,10H2,1H3,(H2,23,24,26,27). The maximum Gasteiger partial charge on any atom is 0.395 e. The van der Waals surface area contributed by atoms with Gasteiger partial charge in [0.25, 0.3) is 5.88 Å². The summed E-state index contributed by atoms with van der Waals surface area (Å²) in [7, 11) is 1.51. The smallest absolute Gasteiger partial charge is 0.395 e. The predicted molar refractivity (Wildman–Crippen MR) is 124 cm³/mol. The van der Waals surface area contributed by atoms with Crippen molar-refractivity contribution in [3.05, 3.63) is 82.4 Å². The molecule has 0 unspecified atom stereocenters. The summed E-state index contributed by atoms with van der Waals surface area (Å²) in [6.45, 7) is 0.258. The number of aromatic hydroxyl groups is 1. The van der Waals surface area contributed by atoms with Crippen LogP contribution in [0.15, 0.2) is 41.2 Å². The van der Waals surface area contributed by atoms with Gasteiger partial charge in [-0.1, -0.05) is 35.9 Å². The summed E-state index contributed by atoms with van der Waals surface area (Å²) in [5.74, 6) is 0.0243. The molecule has 0 aliphatic rings. The fourth-order valence-electron chi connectivity index (χ4n) is 2.63. The fourth-order valence-corrected chi connectivity index (χ4v) is 3.60. The molecule has 1 aromatic heterocycles. The van der Waals surface area contributed by atoms with Crippen molar-refractivity contribution in [3.63, 3.8) is 0 Å². The number of aromatic amines is 1. The molecule has 9 nitrogen and oxygen atoms in total. The average Bonchev–Trinajstić information content (AvgIpc) is 2.71. The zero-order chi connectivity index (χ0) is 22.5. The van der Waals surface area contributed by atoms with Crippen LogP contribution in [0.4, 0.5) is 5.69 Å². The molecular formula is C20H15ClIN3O6. The SMILES string of the molecule is COc1cc(C=Cc2nc(O)c([N+](=O)[O-])c(=O)[nH]2)cc(I)c1OCc1ccccc1Cl. The van der Waals surface area contributed by atoms with Crippen molar-refractivity contribution in [2.24, 2.45) is 0 Å². The Labute approximate surface area is 194 Å². The molecule has 0 fully saturated rings. The van der Waals surface area contributed by atoms with Gasteiger partial charge < -0.3 is 19.6 Å². The first-order valence-corrected chi connectivity index (χ1v) is 10.1. The molecule has 2 aromatic carbocycles. The summed E-state index contributed by atoms with van der Waals surface area (Å²) in [6, 6.07) is 10.9. The Bertz CT molecular complexity index is 1230. The molecule has 31 heavy (non-hydrogen) atoms. The van der Waals surface area contributed by atoms with Crippen LogP contribution in [0.5, 0.6) is 17.4 Å². The van der Waals surface area contributed by atoms with E-state index in [-0.39, 0.29) is 12.4 Å². The Morgan fingerprint density at radius 3 is 2.71 bits per heavy atom. The molecule has 0 aliphatic carbocycles. The van der Waals surface area contributed by atoms with Gasteiger partial charge in [-0.25, -0.2) is 0 Å². The van der Waals surface area contributed by atoms with Crippen LogP contribution < -0.4 is 15.0 Å². The number of aromatic nitrogens is 2. The number of nitrogens with one attached hydrogen (secondary N) is 1. The molecule has 0 saturated heterocycles. The maximum absolute atomic E-state index is 11.7. The van der Waals surface area contributed by atoms with Crippen LogP contribution in [0, 0.1) is 13.7 Å². The second-order valence-electron chi connectivity index (χ2n) is 6.13. The van der Waals surface area contributed by atoms with Crippen LogP contribution in [0.2, 0.25) is 5.02 Å². The number of halogens is 2. The first-order chi connectivity index (χ1) is 14.8. The minimum absolute atomic E-state index is 0.0406. The molecule has 3 aromatic rings. The van der Waals surface area contributed by atoms with E-state index in [1.807, 2.05) is 24.3 Å². The van der Waals surface area contributed by atoms with Crippen LogP contribution in [-0.4, -0.2) is 27.1 Å². The molecule has 0 aliphatic heterocycles. The monoisotopic (exact) mass is 555 g/mol. The van der Waals surface area contributed by atoms with Crippen LogP contribution in [-0.2, 0) is 6.61 Å². The van der Waals surface area contributed by atoms with Gasteiger partial charge in [-0.15, -0.1) is 0 Å². The lowest BCUT2D eigenvalue weighted by molar-refractivity contribution is -0.387. The highest BCUT2D eigenvalue weighted by Crippen LogP contribution is 2.35. The number of hydrogen-bond donors (Lipinski definition) is 2. The summed E-state index contributed by atoms with van der Waals surface area (Å²) in [4.78, 5) is 27.4. The highest BCUT2D eigenvalue weighted by Gasteiger charge is 2.21. The van der Waals surface area contributed by atoms with E-state index in [1.54, 1.807) is 18.2 Å². The zero-order valence-electron chi connectivity index (χ0n) is 16.0. The van der Waals surface area contributed by atoms with Crippen LogP contribution in [0.3, 0.4) is 0 Å². The number of ether oxygens (including phenoxy) is 2. The largest absolute Gasteiger partial charge is 0.493 e. The number of methoxy groups -OCH3 is 1. The minimum atomic E-state index is -1.05. The quantitative estimate of drug-likeness (QED) is 0.251. The Morgan fingerprint density at radius 1 is 1.32 bits per heavy atom. The summed E-state index contributed by atoms with van der Waals surface area (Å²) in [5.41, 5.74) is -0.535. The molecule has 0 saturated carbocycles. The van der Waals surface area contributed by atoms with E-state index in [1.165, 1.54) is 13.2 Å². The molecule has 160 valence electrons. The second-order valence-corrected chi connectivity index (χ2v) is 7.70. The van der Waals surface area contributed by atoms with E-state index in [4.69, 9.17) is 21.1 Å². The number of H-pyrrole nitrogens is 1. The summed E-state index contributed by atoms with van der Waals surface area (Å²) in [6.07, 6.45) is 3.01. The number of rotatable bonds is 7. The third-order valence-electron chi connectivity index (χ3n) is 4.09. The Balaban J connectivity index is 1.85. The number of hydrogen-bond acceptors (Lipinski definition) is 7. The zero-order valence-corrected chi connectivity index (χ0v) is 18.9. The van der Waals surface area contributed by atoms with E-state index >= 15 is 0 Å². The van der Waals surface area contributed by atoms with Crippen molar-refractivity contribution in [1.29, 1.82) is 0 Å². The lowest BCUT2D eigenvalue weighted by atomic mass is 10.2. The molecule has 3 rings (SSSR count). The van der Waals surface area contributed by atoms with Crippen molar-refractivity contribution in [3.8, 4) is 17.4 Å². The van der Waals surface area contributed by atoms with Gasteiger partial charge in [-0.3, -0.25) is 14.9 Å². The molecule has 0 spiro atoms. The van der Waals surface area contributed by atoms with Crippen molar-refractivity contribution in [2.75, 3.05) is 7.11 Å². The van der Waals surface area contributed by atoms with Gasteiger partial charge in [0.05, 0.1) is 15.6 Å². The van der Waals surface area contributed by atoms with Crippen LogP contribution in [0.25, 0.3) is 12.2 Å². The van der Waals surface area contributed by atoms with Gasteiger partial charge in [0.2, 0.25) is 0 Å². The normalized spacial score (nSPS) is 10.9. The first-order valence-electron chi connectivity index (χ1n) is 8.69. The highest BCUT2D eigenvalue weighted by molar-refractivity contribution is 14.1. The Morgan fingerprint density at radius 2 is 2.06 bits per heavy atom. The van der Waals surface area contributed by atoms with E-state index in [2.05, 4.69) is 32.6 Å². The average molecular weight is 556 g/mol. The molecule has 0 amide bonds. The van der Waals surface area contributed by atoms with Gasteiger partial charge in [0, 0.05) is 10.6 Å². The van der Waals surface area contributed by atoms with Crippen molar-refractivity contribution < 1.29 is 19.5 Å². The third kappa shape index (κ3) is 5.33. The van der Waals surface area contributed by atoms with Gasteiger partial charge in [-0.05, 0) is 52.4 Å². The van der Waals surface area contributed by atoms with Gasteiger partial charge in [0.1, 0.15) is 12.4 Å². The van der Waals surface area contributed by atoms with Gasteiger partial charge >= 0.3 is 11.2 Å². The maximum atomic E-state index is 11.7. The topological polar surface area (TPSA) is 128 Å². The van der Waals surface area contributed by atoms with E-state index in [0.717, 1.165) is 9.13 Å². The van der Waals surface area contributed by atoms with Crippen molar-refractivity contribution in [1.82, 2.24) is 9.97 Å². The minimum Gasteiger partial charge on any atom is -0.493 e. The van der Waals surface area contributed by atoms with Crippen molar-refractivity contribution in [2.45, 2.75) is 6.61 Å². The third-order valence-corrected chi connectivity index (χ3v) is 5.26. The van der Waals surface area contributed by atoms with Crippen LogP contribution in [0.1, 0.15) is 17.0 Å². The highest BCUT2D eigenvalue weighted by atomic mass is 127. The molecule has 1 heterocycles. The molecule has 2 N–H and O–H groups in total. The fraction of sp³-hybridized carbons (Fsp3) is 0.100. The summed E-state index contributed by atoms with van der Waals surface area (Å²) >= 11 is 8.27. The van der Waals surface area contributed by atoms with E-state index in [0.29, 0.717) is 22.1 Å². The lowest BCUT2D eigenvalue weighted by Crippen LogP contribution is -2.14. The second kappa shape index (κ2) is 9.79. The number of benzene rings is 2. The molecular weight excluding hydrogens is 541 g/mol. The van der Waals surface area contributed by atoms with E-state index < -0.39 is 22.0 Å². The van der Waals surface area contributed by atoms with E-state index in [9.17, 15) is 20.0 Å². The molecule has 11 heteroatoms. The Hall–Kier alpha value is -3.12. The molecule has 0 radical (unpaired) electrons. The number of nitro groups is 1. The lowest BCUT2D eigenvalue weighted by Gasteiger charge is -2.14. The van der Waals surface area contributed by atoms with Gasteiger partial charge in [-0.2, -0.15) is 4.98 Å². The van der Waals surface area contributed by atoms with Gasteiger partial charge in [0.15, 0.2) is 11.5 Å². The van der Waals surface area contributed by atoms with Crippen LogP contribution >= 0.6 is 34.2 Å². The Kier molecular flexibility index (Phi) is 7.13. The predicted octanol–water partition coefficient (Wildman–Crippen LogP) is 4.40. The summed E-state index contributed by atoms with van der Waals surface area (Å²) < 4.78 is 12.1. The molecule has 0 atom stereocenters.